The molecule has 1 aromatic carbocycles. The summed E-state index contributed by atoms with van der Waals surface area (Å²) < 4.78 is 5.78. The molecule has 0 saturated carbocycles. The van der Waals surface area contributed by atoms with Crippen molar-refractivity contribution in [3.8, 4) is 0 Å². The van der Waals surface area contributed by atoms with Gasteiger partial charge in [0.2, 0.25) is 23.6 Å². The number of hydrogen-bond donors (Lipinski definition) is 9. The fraction of sp³-hybridized carbons (Fsp3) is 0.500. The van der Waals surface area contributed by atoms with E-state index in [0.717, 1.165) is 11.1 Å². The lowest BCUT2D eigenvalue weighted by atomic mass is 9.94. The molecule has 18 nitrogen and oxygen atoms in total. The molecular weight excluding hydrogens is 752 g/mol. The number of amides is 5. The van der Waals surface area contributed by atoms with E-state index >= 15 is 0 Å². The number of nitrogens with one attached hydrogen (secondary N) is 5. The second-order valence-corrected chi connectivity index (χ2v) is 14.2. The molecule has 0 unspecified atom stereocenters. The van der Waals surface area contributed by atoms with E-state index in [1.54, 1.807) is 19.3 Å². The molecular formula is C40H58N8O10. The van der Waals surface area contributed by atoms with Crippen molar-refractivity contribution in [2.75, 3.05) is 13.7 Å². The molecule has 1 saturated heterocycles. The minimum Gasteiger partial charge on any atom is -0.480 e. The second kappa shape index (κ2) is 23.9. The first-order chi connectivity index (χ1) is 27.4. The Balaban J connectivity index is 2.60. The van der Waals surface area contributed by atoms with Crippen molar-refractivity contribution in [3.63, 3.8) is 0 Å². The highest BCUT2D eigenvalue weighted by Crippen LogP contribution is 2.18. The van der Waals surface area contributed by atoms with Gasteiger partial charge in [0.15, 0.2) is 5.96 Å². The molecule has 1 aliphatic rings. The molecule has 11 N–H and O–H groups in total. The molecule has 1 fully saturated rings. The van der Waals surface area contributed by atoms with Crippen molar-refractivity contribution in [3.05, 3.63) is 71.5 Å². The van der Waals surface area contributed by atoms with Crippen LogP contribution in [0.15, 0.2) is 70.9 Å². The summed E-state index contributed by atoms with van der Waals surface area (Å²) in [6.45, 7) is 8.02. The van der Waals surface area contributed by atoms with E-state index in [0.29, 0.717) is 6.42 Å². The number of hydrogen-bond acceptors (Lipinski definition) is 9. The predicted octanol–water partition coefficient (Wildman–Crippen LogP) is 0.631. The van der Waals surface area contributed by atoms with E-state index in [2.05, 4.69) is 31.6 Å². The highest BCUT2D eigenvalue weighted by Gasteiger charge is 2.36. The smallest absolute Gasteiger partial charge is 0.327 e. The zero-order valence-corrected chi connectivity index (χ0v) is 33.8. The van der Waals surface area contributed by atoms with Gasteiger partial charge in [-0.1, -0.05) is 81.0 Å². The monoisotopic (exact) mass is 810 g/mol. The van der Waals surface area contributed by atoms with Crippen LogP contribution in [0.25, 0.3) is 0 Å². The number of aliphatic carboxylic acids is 2. The zero-order chi connectivity index (χ0) is 43.5. The van der Waals surface area contributed by atoms with E-state index in [1.165, 1.54) is 26.8 Å². The third-order valence-electron chi connectivity index (χ3n) is 9.65. The Labute approximate surface area is 338 Å². The summed E-state index contributed by atoms with van der Waals surface area (Å²) in [6, 6.07) is 4.11. The summed E-state index contributed by atoms with van der Waals surface area (Å²) in [5.74, 6) is -10.1. The molecule has 0 aromatic heterocycles. The summed E-state index contributed by atoms with van der Waals surface area (Å²) >= 11 is 0. The molecule has 5 amide bonds. The average molecular weight is 811 g/mol. The number of carbonyl (C=O) groups is 7. The number of aliphatic imine (C=N–C) groups is 1. The minimum atomic E-state index is -1.80. The van der Waals surface area contributed by atoms with Crippen molar-refractivity contribution in [2.45, 2.75) is 97.0 Å². The number of carboxylic acids is 2. The lowest BCUT2D eigenvalue weighted by Crippen LogP contribution is -2.56. The van der Waals surface area contributed by atoms with Gasteiger partial charge in [-0.3, -0.25) is 29.0 Å². The molecule has 318 valence electrons. The first-order valence-corrected chi connectivity index (χ1v) is 19.0. The van der Waals surface area contributed by atoms with Gasteiger partial charge in [0.05, 0.1) is 24.0 Å². The van der Waals surface area contributed by atoms with Crippen LogP contribution in [0.5, 0.6) is 0 Å². The van der Waals surface area contributed by atoms with Crippen LogP contribution in [0.2, 0.25) is 0 Å². The Morgan fingerprint density at radius 2 is 1.60 bits per heavy atom. The van der Waals surface area contributed by atoms with Crippen molar-refractivity contribution in [2.24, 2.45) is 34.2 Å². The Hall–Kier alpha value is -6.04. The van der Waals surface area contributed by atoms with E-state index < -0.39 is 83.9 Å². The number of benzene rings is 1. The highest BCUT2D eigenvalue weighted by molar-refractivity contribution is 6.00. The second-order valence-electron chi connectivity index (χ2n) is 14.2. The van der Waals surface area contributed by atoms with Gasteiger partial charge in [-0.05, 0) is 45.1 Å². The molecule has 0 radical (unpaired) electrons. The van der Waals surface area contributed by atoms with Crippen LogP contribution in [-0.4, -0.2) is 102 Å². The largest absolute Gasteiger partial charge is 0.480 e. The number of rotatable bonds is 13. The first-order valence-electron chi connectivity index (χ1n) is 19.0. The summed E-state index contributed by atoms with van der Waals surface area (Å²) in [5, 5.41) is 32.3. The molecule has 2 rings (SSSR count). The number of ether oxygens (including phenoxy) is 1. The molecule has 1 heterocycles. The molecule has 1 aliphatic heterocycles. The maximum absolute atomic E-state index is 14.0. The van der Waals surface area contributed by atoms with Crippen LogP contribution in [0.4, 0.5) is 0 Å². The van der Waals surface area contributed by atoms with Crippen LogP contribution in [0.3, 0.4) is 0 Å². The number of guanidine groups is 1. The van der Waals surface area contributed by atoms with Crippen LogP contribution < -0.4 is 38.1 Å². The third-order valence-corrected chi connectivity index (χ3v) is 9.65. The topological polar surface area (TPSA) is 294 Å². The molecule has 0 aliphatic carbocycles. The maximum Gasteiger partial charge on any atom is 0.327 e. The quantitative estimate of drug-likeness (QED) is 0.0436. The summed E-state index contributed by atoms with van der Waals surface area (Å²) in [6.07, 6.45) is 6.24. The standard InChI is InChI=1S/C40H58N8O10/c1-7-27-36(52)48-33(39(56)57)25(5)35(51)46-29(14-11-19-43-40(41)42)37(53)45-28(24(4)34(50)47-30(38(54)55)17-18-32(49)44-27)16-15-22(2)20-23(3)31(58-6)21-26-12-9-8-10-13-26/h7-10,12-13,15-16,20,23-25,28-31,33H,11,14,17-19,21H2,1-6H3,(H,44,49)(H,45,53)(H,46,51)(H,47,50)(H,48,52)(H,54,55)(H,56,57)(H4,41,42,43)/b16-15+,22-20+,27-7-/t23-,24-,25-,28-,29-,30+,31-,33+/m0/s1. The Kier molecular flexibility index (Phi) is 19.8. The summed E-state index contributed by atoms with van der Waals surface area (Å²) in [7, 11) is 1.63. The minimum absolute atomic E-state index is 0.0334. The SMILES string of the molecule is C/C=C1\NC(=O)CC[C@H](C(=O)O)NC(=O)[C@@H](C)[C@H](/C=C/C(C)=C/[C@H](C)[C@H](Cc2ccccc2)OC)NC(=O)[C@H](CCCN=C(N)N)NC(=O)[C@@H](C)[C@H](C(=O)O)NC1=O. The van der Waals surface area contributed by atoms with E-state index in [4.69, 9.17) is 16.2 Å². The number of carboxylic acid groups (broad SMARTS) is 2. The van der Waals surface area contributed by atoms with Crippen LogP contribution in [0, 0.1) is 17.8 Å². The van der Waals surface area contributed by atoms with Gasteiger partial charge in [0, 0.05) is 26.0 Å². The first kappa shape index (κ1) is 48.1. The number of carbonyl (C=O) groups excluding carboxylic acids is 5. The van der Waals surface area contributed by atoms with Gasteiger partial charge in [0.1, 0.15) is 23.8 Å². The Morgan fingerprint density at radius 1 is 0.948 bits per heavy atom. The molecule has 8 atom stereocenters. The lowest BCUT2D eigenvalue weighted by Gasteiger charge is -2.27. The number of nitrogens with two attached hydrogens (primary N) is 2. The molecule has 1 aromatic rings. The van der Waals surface area contributed by atoms with E-state index in [-0.39, 0.29) is 49.5 Å². The van der Waals surface area contributed by atoms with Crippen molar-refractivity contribution in [1.82, 2.24) is 26.6 Å². The van der Waals surface area contributed by atoms with Gasteiger partial charge < -0.3 is 53.0 Å². The predicted molar refractivity (Wildman–Crippen MR) is 215 cm³/mol. The number of nitrogens with zero attached hydrogens (tertiary/aromatic N) is 1. The van der Waals surface area contributed by atoms with Crippen molar-refractivity contribution >= 4 is 47.4 Å². The van der Waals surface area contributed by atoms with Crippen molar-refractivity contribution < 1.29 is 48.5 Å². The highest BCUT2D eigenvalue weighted by atomic mass is 16.5. The van der Waals surface area contributed by atoms with E-state index in [1.807, 2.05) is 50.3 Å². The molecule has 18 heteroatoms. The van der Waals surface area contributed by atoms with Gasteiger partial charge in [0.25, 0.3) is 5.91 Å². The summed E-state index contributed by atoms with van der Waals surface area (Å²) in [4.78, 5) is 95.6. The number of allylic oxidation sites excluding steroid dienone is 3. The fourth-order valence-electron chi connectivity index (χ4n) is 6.09. The molecule has 58 heavy (non-hydrogen) atoms. The van der Waals surface area contributed by atoms with E-state index in [9.17, 15) is 43.8 Å². The van der Waals surface area contributed by atoms with Crippen molar-refractivity contribution in [1.29, 1.82) is 0 Å². The van der Waals surface area contributed by atoms with Crippen LogP contribution >= 0.6 is 0 Å². The van der Waals surface area contributed by atoms with Crippen LogP contribution in [0.1, 0.15) is 65.9 Å². The maximum atomic E-state index is 14.0. The van der Waals surface area contributed by atoms with Gasteiger partial charge in [-0.25, -0.2) is 9.59 Å². The molecule has 0 spiro atoms. The molecule has 0 bridgehead atoms. The Bertz CT molecular complexity index is 1740. The van der Waals surface area contributed by atoms with Gasteiger partial charge in [-0.2, -0.15) is 0 Å². The average Bonchev–Trinajstić information content (AvgIpc) is 3.17. The fourth-order valence-corrected chi connectivity index (χ4v) is 6.09. The summed E-state index contributed by atoms with van der Waals surface area (Å²) in [5.41, 5.74) is 12.4. The number of methoxy groups -OCH3 is 1. The van der Waals surface area contributed by atoms with Crippen LogP contribution in [-0.2, 0) is 44.7 Å². The normalized spacial score (nSPS) is 25.1. The third kappa shape index (κ3) is 15.8. The lowest BCUT2D eigenvalue weighted by molar-refractivity contribution is -0.146. The van der Waals surface area contributed by atoms with Gasteiger partial charge in [-0.15, -0.1) is 0 Å². The zero-order valence-electron chi connectivity index (χ0n) is 33.8. The Morgan fingerprint density at radius 3 is 2.19 bits per heavy atom. The van der Waals surface area contributed by atoms with Gasteiger partial charge >= 0.3 is 11.9 Å².